The summed E-state index contributed by atoms with van der Waals surface area (Å²) >= 11 is 0. The molecule has 2 aliphatic rings. The van der Waals surface area contributed by atoms with Crippen molar-refractivity contribution in [2.75, 3.05) is 19.0 Å². The maximum absolute atomic E-state index is 15.1. The molecule has 10 nitrogen and oxygen atoms in total. The molecule has 178 valence electrons. The number of nitrogens with one attached hydrogen (secondary N) is 2. The van der Waals surface area contributed by atoms with Gasteiger partial charge in [0.2, 0.25) is 5.88 Å². The molecule has 0 aliphatic carbocycles. The molecule has 2 aromatic rings. The second-order valence-electron chi connectivity index (χ2n) is 8.73. The molecule has 0 aromatic carbocycles. The summed E-state index contributed by atoms with van der Waals surface area (Å²) in [6.07, 6.45) is 4.02. The van der Waals surface area contributed by atoms with Gasteiger partial charge in [-0.1, -0.05) is 10.5 Å². The number of pyridine rings is 1. The Morgan fingerprint density at radius 2 is 2.09 bits per heavy atom. The minimum absolute atomic E-state index is 0.0131. The number of ether oxygens (including phenoxy) is 1. The molecule has 33 heavy (non-hydrogen) atoms. The van der Waals surface area contributed by atoms with Gasteiger partial charge in [0.15, 0.2) is 0 Å². The minimum Gasteiger partial charge on any atom is -0.480 e. The molecule has 12 heteroatoms. The summed E-state index contributed by atoms with van der Waals surface area (Å²) < 4.78 is 34.3. The molecular formula is C21H28FN7O3S. The van der Waals surface area contributed by atoms with E-state index in [2.05, 4.69) is 30.0 Å². The standard InChI is InChI=1S/C21H28FN7O3S/c1-20(2)19(23)29-21(3,14-6-5-9-26-33(14,20)31)17-12(22)7-8-15(27-17)28-18(30)13-10-25-16(32-4)11-24-13/h7-8,10-11,14,26,31H,5-6,9H2,1-4H3,(H2,23,29)(H,27,28,30)/t14-,21-/m0/s1. The molecule has 2 aromatic heterocycles. The first-order chi connectivity index (χ1) is 15.5. The zero-order valence-electron chi connectivity index (χ0n) is 18.9. The normalized spacial score (nSPS) is 30.4. The first kappa shape index (κ1) is 23.3. The fraction of sp³-hybridized carbons (Fsp3) is 0.476. The fourth-order valence-electron chi connectivity index (χ4n) is 4.34. The molecule has 4 rings (SSSR count). The monoisotopic (exact) mass is 477 g/mol. The summed E-state index contributed by atoms with van der Waals surface area (Å²) in [4.78, 5) is 29.7. The van der Waals surface area contributed by atoms with Crippen molar-refractivity contribution in [1.82, 2.24) is 19.7 Å². The minimum atomic E-state index is -2.50. The number of methoxy groups -OCH3 is 1. The predicted molar refractivity (Wildman–Crippen MR) is 125 cm³/mol. The van der Waals surface area contributed by atoms with E-state index in [0.717, 1.165) is 6.42 Å². The molecule has 4 heterocycles. The number of carbonyl (C=O) groups excluding carboxylic acids is 1. The Morgan fingerprint density at radius 3 is 2.76 bits per heavy atom. The van der Waals surface area contributed by atoms with Crippen molar-refractivity contribution >= 4 is 28.1 Å². The van der Waals surface area contributed by atoms with Gasteiger partial charge >= 0.3 is 0 Å². The highest BCUT2D eigenvalue weighted by Crippen LogP contribution is 2.66. The van der Waals surface area contributed by atoms with Crippen LogP contribution in [0.5, 0.6) is 5.88 Å². The third-order valence-electron chi connectivity index (χ3n) is 6.39. The second kappa shape index (κ2) is 8.19. The number of amides is 1. The molecule has 1 amide bonds. The van der Waals surface area contributed by atoms with Crippen LogP contribution in [0.4, 0.5) is 10.2 Å². The van der Waals surface area contributed by atoms with E-state index in [0.29, 0.717) is 13.0 Å². The molecule has 0 spiro atoms. The van der Waals surface area contributed by atoms with E-state index in [1.54, 1.807) is 6.92 Å². The van der Waals surface area contributed by atoms with Crippen molar-refractivity contribution in [2.45, 2.75) is 49.1 Å². The number of nitrogens with zero attached hydrogens (tertiary/aromatic N) is 4. The van der Waals surface area contributed by atoms with Crippen LogP contribution >= 0.6 is 10.5 Å². The predicted octanol–water partition coefficient (Wildman–Crippen LogP) is 2.58. The summed E-state index contributed by atoms with van der Waals surface area (Å²) in [6.45, 7) is 6.07. The van der Waals surface area contributed by atoms with Crippen molar-refractivity contribution in [3.05, 3.63) is 41.7 Å². The van der Waals surface area contributed by atoms with Gasteiger partial charge in [0.25, 0.3) is 5.91 Å². The van der Waals surface area contributed by atoms with Crippen LogP contribution in [0.25, 0.3) is 0 Å². The van der Waals surface area contributed by atoms with E-state index in [-0.39, 0.29) is 28.9 Å². The molecule has 3 atom stereocenters. The first-order valence-electron chi connectivity index (χ1n) is 10.5. The van der Waals surface area contributed by atoms with Crippen molar-refractivity contribution in [3.8, 4) is 5.88 Å². The lowest BCUT2D eigenvalue weighted by molar-refractivity contribution is 0.102. The van der Waals surface area contributed by atoms with Crippen LogP contribution in [0.2, 0.25) is 0 Å². The van der Waals surface area contributed by atoms with E-state index in [1.807, 2.05) is 13.8 Å². The average molecular weight is 478 g/mol. The number of amidine groups is 1. The highest BCUT2D eigenvalue weighted by molar-refractivity contribution is 8.29. The molecule has 1 fully saturated rings. The quantitative estimate of drug-likeness (QED) is 0.525. The summed E-state index contributed by atoms with van der Waals surface area (Å²) in [5.74, 6) is -0.528. The molecule has 5 N–H and O–H groups in total. The van der Waals surface area contributed by atoms with Crippen LogP contribution in [0.15, 0.2) is 29.5 Å². The Bertz CT molecular complexity index is 1110. The number of nitrogens with two attached hydrogens (primary N) is 1. The largest absolute Gasteiger partial charge is 0.480 e. The van der Waals surface area contributed by atoms with Crippen molar-refractivity contribution in [1.29, 1.82) is 0 Å². The summed E-state index contributed by atoms with van der Waals surface area (Å²) in [7, 11) is -1.05. The number of carbonyl (C=O) groups is 1. The molecule has 1 saturated heterocycles. The number of rotatable bonds is 4. The first-order valence-corrected chi connectivity index (χ1v) is 12.2. The van der Waals surface area contributed by atoms with Gasteiger partial charge < -0.3 is 20.3 Å². The number of fused-ring (bicyclic) bond motifs is 1. The van der Waals surface area contributed by atoms with E-state index in [9.17, 15) is 9.35 Å². The summed E-state index contributed by atoms with van der Waals surface area (Å²) in [5, 5.41) is 2.20. The third-order valence-corrected chi connectivity index (χ3v) is 10.3. The number of aromatic nitrogens is 3. The lowest BCUT2D eigenvalue weighted by Crippen LogP contribution is -2.62. The molecule has 0 saturated carbocycles. The van der Waals surface area contributed by atoms with Crippen molar-refractivity contribution < 1.29 is 18.5 Å². The SMILES string of the molecule is COc1cnc(C(=O)Nc2ccc(F)c([C@@]3(C)N=C(N)C(C)(C)S4(O)NCCC[C@@H]34)n2)cn1. The van der Waals surface area contributed by atoms with E-state index < -0.39 is 37.8 Å². The smallest absolute Gasteiger partial charge is 0.277 e. The summed E-state index contributed by atoms with van der Waals surface area (Å²) in [5.41, 5.74) is 5.15. The van der Waals surface area contributed by atoms with Crippen LogP contribution in [-0.2, 0) is 5.54 Å². The zero-order valence-corrected chi connectivity index (χ0v) is 19.7. The Kier molecular flexibility index (Phi) is 5.79. The molecule has 2 aliphatic heterocycles. The molecular weight excluding hydrogens is 449 g/mol. The summed E-state index contributed by atoms with van der Waals surface area (Å²) in [6, 6.07) is 2.58. The Labute approximate surface area is 192 Å². The average Bonchev–Trinajstić information content (AvgIpc) is 2.79. The Balaban J connectivity index is 1.72. The maximum atomic E-state index is 15.1. The number of hydrogen-bond donors (Lipinski definition) is 4. The van der Waals surface area contributed by atoms with Gasteiger partial charge in [-0.15, -0.1) is 0 Å². The number of hydrogen-bond acceptors (Lipinski definition) is 9. The maximum Gasteiger partial charge on any atom is 0.277 e. The lowest BCUT2D eigenvalue weighted by atomic mass is 9.89. The zero-order chi connectivity index (χ0) is 24.0. The molecule has 0 radical (unpaired) electrons. The van der Waals surface area contributed by atoms with E-state index in [1.165, 1.54) is 31.6 Å². The van der Waals surface area contributed by atoms with Crippen molar-refractivity contribution in [3.63, 3.8) is 0 Å². The van der Waals surface area contributed by atoms with Crippen LogP contribution in [0.3, 0.4) is 0 Å². The van der Waals surface area contributed by atoms with Crippen LogP contribution in [-0.4, -0.2) is 54.9 Å². The molecule has 1 unspecified atom stereocenters. The van der Waals surface area contributed by atoms with Gasteiger partial charge in [-0.05, 0) is 45.7 Å². The number of anilines is 1. The van der Waals surface area contributed by atoms with E-state index >= 15 is 4.39 Å². The van der Waals surface area contributed by atoms with Crippen LogP contribution in [0, 0.1) is 5.82 Å². The topological polar surface area (TPSA) is 148 Å². The number of aliphatic imine (C=N–C) groups is 1. The van der Waals surface area contributed by atoms with Gasteiger partial charge in [0.1, 0.15) is 34.4 Å². The third kappa shape index (κ3) is 3.71. The van der Waals surface area contributed by atoms with Crippen LogP contribution < -0.4 is 20.5 Å². The second-order valence-corrected chi connectivity index (χ2v) is 11.9. The van der Waals surface area contributed by atoms with Crippen LogP contribution in [0.1, 0.15) is 49.8 Å². The Hall–Kier alpha value is -2.83. The number of halogens is 1. The lowest BCUT2D eigenvalue weighted by Gasteiger charge is -2.61. The van der Waals surface area contributed by atoms with Gasteiger partial charge in [0.05, 0.1) is 29.5 Å². The Morgan fingerprint density at radius 1 is 1.33 bits per heavy atom. The van der Waals surface area contributed by atoms with Crippen molar-refractivity contribution in [2.24, 2.45) is 10.7 Å². The highest BCUT2D eigenvalue weighted by Gasteiger charge is 2.60. The van der Waals surface area contributed by atoms with E-state index in [4.69, 9.17) is 10.5 Å². The van der Waals surface area contributed by atoms with Gasteiger partial charge in [-0.3, -0.25) is 14.5 Å². The van der Waals surface area contributed by atoms with Gasteiger partial charge in [-0.2, -0.15) is 0 Å². The molecule has 0 bridgehead atoms. The van der Waals surface area contributed by atoms with Gasteiger partial charge in [-0.25, -0.2) is 19.3 Å². The fourth-order valence-corrected chi connectivity index (χ4v) is 7.77. The highest BCUT2D eigenvalue weighted by atomic mass is 32.3. The van der Waals surface area contributed by atoms with Gasteiger partial charge in [0, 0.05) is 6.54 Å².